The highest BCUT2D eigenvalue weighted by molar-refractivity contribution is 9.10. The fourth-order valence-electron chi connectivity index (χ4n) is 2.73. The van der Waals surface area contributed by atoms with Crippen LogP contribution in [0.5, 0.6) is 0 Å². The number of rotatable bonds is 2. The van der Waals surface area contributed by atoms with Gasteiger partial charge in [0.25, 0.3) is 0 Å². The highest BCUT2D eigenvalue weighted by Crippen LogP contribution is 2.29. The summed E-state index contributed by atoms with van der Waals surface area (Å²) in [5, 5.41) is 0. The lowest BCUT2D eigenvalue weighted by Crippen LogP contribution is -2.11. The van der Waals surface area contributed by atoms with E-state index in [4.69, 9.17) is 5.73 Å². The van der Waals surface area contributed by atoms with Crippen molar-refractivity contribution in [2.24, 2.45) is 0 Å². The number of nitrogens with two attached hydrogens (primary N) is 1. The van der Waals surface area contributed by atoms with E-state index < -0.39 is 0 Å². The van der Waals surface area contributed by atoms with Crippen LogP contribution in [0.1, 0.15) is 43.7 Å². The molecule has 0 heterocycles. The van der Waals surface area contributed by atoms with Crippen LogP contribution in [0.25, 0.3) is 0 Å². The summed E-state index contributed by atoms with van der Waals surface area (Å²) in [4.78, 5) is 12.9. The smallest absolute Gasteiger partial charge is 0.193 e. The largest absolute Gasteiger partial charge is 0.399 e. The Kier molecular flexibility index (Phi) is 4.24. The number of halogens is 1. The Bertz CT molecular complexity index is 698. The average molecular weight is 346 g/mol. The van der Waals surface area contributed by atoms with E-state index in [9.17, 15) is 4.79 Å². The van der Waals surface area contributed by atoms with Crippen LogP contribution in [0.2, 0.25) is 0 Å². The van der Waals surface area contributed by atoms with Crippen molar-refractivity contribution in [3.8, 4) is 0 Å². The molecule has 0 aromatic heterocycles. The maximum Gasteiger partial charge on any atom is 0.193 e. The van der Waals surface area contributed by atoms with Crippen molar-refractivity contribution >= 4 is 27.4 Å². The number of nitrogen functional groups attached to an aromatic ring is 1. The molecular formula is C18H20BrNO. The Morgan fingerprint density at radius 3 is 1.81 bits per heavy atom. The molecule has 0 aliphatic rings. The first-order chi connectivity index (χ1) is 9.73. The zero-order valence-corrected chi connectivity index (χ0v) is 14.7. The second kappa shape index (κ2) is 5.64. The van der Waals surface area contributed by atoms with Crippen molar-refractivity contribution in [1.82, 2.24) is 0 Å². The molecule has 0 saturated carbocycles. The molecule has 2 nitrogen and oxygen atoms in total. The van der Waals surface area contributed by atoms with Crippen molar-refractivity contribution in [3.05, 3.63) is 61.6 Å². The van der Waals surface area contributed by atoms with E-state index in [1.807, 2.05) is 19.9 Å². The zero-order valence-electron chi connectivity index (χ0n) is 13.1. The summed E-state index contributed by atoms with van der Waals surface area (Å²) >= 11 is 3.40. The number of anilines is 1. The van der Waals surface area contributed by atoms with Gasteiger partial charge in [0, 0.05) is 21.3 Å². The van der Waals surface area contributed by atoms with Crippen LogP contribution in [-0.2, 0) is 0 Å². The Morgan fingerprint density at radius 1 is 0.857 bits per heavy atom. The van der Waals surface area contributed by atoms with Gasteiger partial charge in [-0.05, 0) is 80.6 Å². The van der Waals surface area contributed by atoms with Crippen molar-refractivity contribution in [3.63, 3.8) is 0 Å². The predicted octanol–water partition coefficient (Wildman–Crippen LogP) is 4.80. The maximum absolute atomic E-state index is 12.9. The topological polar surface area (TPSA) is 43.1 Å². The Balaban J connectivity index is 2.69. The minimum atomic E-state index is 0.0317. The number of hydrogen-bond donors (Lipinski definition) is 1. The Morgan fingerprint density at radius 2 is 1.33 bits per heavy atom. The molecule has 2 aromatic carbocycles. The standard InChI is InChI=1S/C18H20BrNO/c1-9-10(2)12(4)17(13(5)11(9)3)18(21)14-6-15(19)8-16(20)7-14/h6-8H,20H2,1-5H3. The van der Waals surface area contributed by atoms with Gasteiger partial charge < -0.3 is 5.73 Å². The van der Waals surface area contributed by atoms with Crippen LogP contribution in [-0.4, -0.2) is 5.78 Å². The fraction of sp³-hybridized carbons (Fsp3) is 0.278. The number of benzene rings is 2. The van der Waals surface area contributed by atoms with Gasteiger partial charge in [0.2, 0.25) is 0 Å². The van der Waals surface area contributed by atoms with E-state index in [1.54, 1.807) is 12.1 Å². The molecule has 0 radical (unpaired) electrons. The third kappa shape index (κ3) is 2.75. The summed E-state index contributed by atoms with van der Waals surface area (Å²) in [5.74, 6) is 0.0317. The number of carbonyl (C=O) groups is 1. The number of carbonyl (C=O) groups excluding carboxylic acids is 1. The average Bonchev–Trinajstić information content (AvgIpc) is 2.42. The summed E-state index contributed by atoms with van der Waals surface area (Å²) in [5.41, 5.74) is 13.6. The highest BCUT2D eigenvalue weighted by atomic mass is 79.9. The zero-order chi connectivity index (χ0) is 15.9. The number of hydrogen-bond acceptors (Lipinski definition) is 2. The fourth-order valence-corrected chi connectivity index (χ4v) is 3.24. The predicted molar refractivity (Wildman–Crippen MR) is 92.1 cm³/mol. The van der Waals surface area contributed by atoms with Gasteiger partial charge in [-0.2, -0.15) is 0 Å². The lowest BCUT2D eigenvalue weighted by atomic mass is 9.86. The van der Waals surface area contributed by atoms with Crippen LogP contribution < -0.4 is 5.73 Å². The molecule has 0 bridgehead atoms. The summed E-state index contributed by atoms with van der Waals surface area (Å²) in [6.07, 6.45) is 0. The molecule has 0 spiro atoms. The van der Waals surface area contributed by atoms with Crippen molar-refractivity contribution < 1.29 is 4.79 Å². The SMILES string of the molecule is Cc1c(C)c(C)c(C(=O)c2cc(N)cc(Br)c2)c(C)c1C. The van der Waals surface area contributed by atoms with Gasteiger partial charge in [0.05, 0.1) is 0 Å². The third-order valence-electron chi connectivity index (χ3n) is 4.41. The molecule has 0 atom stereocenters. The second-order valence-electron chi connectivity index (χ2n) is 5.60. The van der Waals surface area contributed by atoms with Crippen molar-refractivity contribution in [1.29, 1.82) is 0 Å². The van der Waals surface area contributed by atoms with Gasteiger partial charge in [0.15, 0.2) is 5.78 Å². The van der Waals surface area contributed by atoms with Crippen molar-refractivity contribution in [2.45, 2.75) is 34.6 Å². The van der Waals surface area contributed by atoms with Crippen LogP contribution in [0, 0.1) is 34.6 Å². The van der Waals surface area contributed by atoms with E-state index in [0.717, 1.165) is 21.2 Å². The van der Waals surface area contributed by atoms with Gasteiger partial charge in [-0.15, -0.1) is 0 Å². The minimum absolute atomic E-state index is 0.0317. The first-order valence-corrected chi connectivity index (χ1v) is 7.71. The first-order valence-electron chi connectivity index (χ1n) is 6.91. The van der Waals surface area contributed by atoms with Gasteiger partial charge in [-0.3, -0.25) is 4.79 Å². The van der Waals surface area contributed by atoms with E-state index in [2.05, 4.69) is 36.7 Å². The molecule has 21 heavy (non-hydrogen) atoms. The lowest BCUT2D eigenvalue weighted by molar-refractivity contribution is 0.103. The van der Waals surface area contributed by atoms with Crippen LogP contribution >= 0.6 is 15.9 Å². The molecule has 2 aromatic rings. The molecule has 0 fully saturated rings. The molecular weight excluding hydrogens is 326 g/mol. The Hall–Kier alpha value is -1.61. The summed E-state index contributed by atoms with van der Waals surface area (Å²) in [6, 6.07) is 5.35. The van der Waals surface area contributed by atoms with Gasteiger partial charge >= 0.3 is 0 Å². The molecule has 2 rings (SSSR count). The molecule has 0 saturated heterocycles. The highest BCUT2D eigenvalue weighted by Gasteiger charge is 2.19. The quantitative estimate of drug-likeness (QED) is 0.627. The molecule has 0 amide bonds. The van der Waals surface area contributed by atoms with Crippen LogP contribution in [0.4, 0.5) is 5.69 Å². The van der Waals surface area contributed by atoms with E-state index >= 15 is 0 Å². The van der Waals surface area contributed by atoms with Gasteiger partial charge in [-0.1, -0.05) is 15.9 Å². The van der Waals surface area contributed by atoms with Crippen LogP contribution in [0.3, 0.4) is 0 Å². The molecule has 2 N–H and O–H groups in total. The van der Waals surface area contributed by atoms with Crippen LogP contribution in [0.15, 0.2) is 22.7 Å². The Labute approximate surface area is 134 Å². The van der Waals surface area contributed by atoms with Crippen molar-refractivity contribution in [2.75, 3.05) is 5.73 Å². The van der Waals surface area contributed by atoms with E-state index in [-0.39, 0.29) is 5.78 Å². The maximum atomic E-state index is 12.9. The summed E-state index contributed by atoms with van der Waals surface area (Å²) in [6.45, 7) is 10.3. The summed E-state index contributed by atoms with van der Waals surface area (Å²) in [7, 11) is 0. The molecule has 0 aliphatic carbocycles. The minimum Gasteiger partial charge on any atom is -0.399 e. The molecule has 0 unspecified atom stereocenters. The van der Waals surface area contributed by atoms with E-state index in [1.165, 1.54) is 16.7 Å². The monoisotopic (exact) mass is 345 g/mol. The molecule has 0 aliphatic heterocycles. The van der Waals surface area contributed by atoms with E-state index in [0.29, 0.717) is 11.3 Å². The third-order valence-corrected chi connectivity index (χ3v) is 4.87. The molecule has 3 heteroatoms. The second-order valence-corrected chi connectivity index (χ2v) is 6.52. The van der Waals surface area contributed by atoms with Gasteiger partial charge in [-0.25, -0.2) is 0 Å². The lowest BCUT2D eigenvalue weighted by Gasteiger charge is -2.18. The number of ketones is 1. The summed E-state index contributed by atoms with van der Waals surface area (Å²) < 4.78 is 0.821. The molecule has 110 valence electrons. The van der Waals surface area contributed by atoms with Gasteiger partial charge in [0.1, 0.15) is 0 Å². The first kappa shape index (κ1) is 15.8. The normalized spacial score (nSPS) is 10.8.